The van der Waals surface area contributed by atoms with Crippen LogP contribution in [0.5, 0.6) is 5.75 Å². The molecule has 0 fully saturated rings. The highest BCUT2D eigenvalue weighted by molar-refractivity contribution is 6.15. The van der Waals surface area contributed by atoms with Gasteiger partial charge in [0.2, 0.25) is 5.91 Å². The number of nitrogens with one attached hydrogen (secondary N) is 1. The number of rotatable bonds is 1. The van der Waals surface area contributed by atoms with Gasteiger partial charge in [0.1, 0.15) is 11.6 Å². The number of amides is 1. The second kappa shape index (κ2) is 5.97. The molecule has 0 radical (unpaired) electrons. The molecule has 2 aromatic carbocycles. The zero-order chi connectivity index (χ0) is 15.5. The van der Waals surface area contributed by atoms with Gasteiger partial charge in [-0.1, -0.05) is 30.3 Å². The van der Waals surface area contributed by atoms with Gasteiger partial charge < -0.3 is 10.4 Å². The Morgan fingerprint density at radius 2 is 1.95 bits per heavy atom. The minimum absolute atomic E-state index is 0.0746. The molecule has 0 atom stereocenters. The van der Waals surface area contributed by atoms with Gasteiger partial charge in [-0.25, -0.2) is 4.39 Å². The van der Waals surface area contributed by atoms with Crippen LogP contribution in [0.4, 0.5) is 10.1 Å². The highest BCUT2D eigenvalue weighted by Gasteiger charge is 2.19. The van der Waals surface area contributed by atoms with Crippen LogP contribution in [-0.2, 0) is 4.79 Å². The van der Waals surface area contributed by atoms with Crippen LogP contribution in [0.25, 0.3) is 0 Å². The molecule has 4 nitrogen and oxygen atoms in total. The Morgan fingerprint density at radius 1 is 1.18 bits per heavy atom. The molecule has 1 aliphatic heterocycles. The second-order valence-electron chi connectivity index (χ2n) is 5.10. The van der Waals surface area contributed by atoms with Gasteiger partial charge in [-0.2, -0.15) is 0 Å². The lowest BCUT2D eigenvalue weighted by Crippen LogP contribution is -2.15. The lowest BCUT2D eigenvalue weighted by Gasteiger charge is -2.15. The zero-order valence-electron chi connectivity index (χ0n) is 11.8. The maximum atomic E-state index is 13.9. The molecule has 2 bridgehead atoms. The van der Waals surface area contributed by atoms with E-state index in [9.17, 15) is 14.3 Å². The summed E-state index contributed by atoms with van der Waals surface area (Å²) in [5, 5.41) is 12.9. The van der Waals surface area contributed by atoms with Crippen LogP contribution in [0.1, 0.15) is 24.0 Å². The molecule has 22 heavy (non-hydrogen) atoms. The highest BCUT2D eigenvalue weighted by Crippen LogP contribution is 2.32. The number of hydrogen-bond donors (Lipinski definition) is 2. The first-order chi connectivity index (χ1) is 10.6. The smallest absolute Gasteiger partial charge is 0.224 e. The summed E-state index contributed by atoms with van der Waals surface area (Å²) in [6.07, 6.45) is 0.868. The first-order valence-corrected chi connectivity index (χ1v) is 7.08. The number of nitrogens with zero attached hydrogens (tertiary/aromatic N) is 1. The third-order valence-electron chi connectivity index (χ3n) is 3.48. The number of anilines is 1. The van der Waals surface area contributed by atoms with Crippen molar-refractivity contribution in [3.8, 4) is 5.75 Å². The Kier molecular flexibility index (Phi) is 3.87. The lowest BCUT2D eigenvalue weighted by atomic mass is 9.99. The van der Waals surface area contributed by atoms with Crippen LogP contribution in [0.15, 0.2) is 47.5 Å². The van der Waals surface area contributed by atoms with Gasteiger partial charge >= 0.3 is 0 Å². The van der Waals surface area contributed by atoms with E-state index in [1.165, 1.54) is 6.07 Å². The Morgan fingerprint density at radius 3 is 2.73 bits per heavy atom. The standard InChI is InChI=1S/C17H15FN2O2/c18-12-9-13-16(11-5-2-1-3-6-11)19-8-4-7-15(21)20-14(10-12)17(13)22/h1-3,5-6,9-10,22H,4,7-8H2,(H,20,21)/b19-16-. The Labute approximate surface area is 127 Å². The molecule has 112 valence electrons. The van der Waals surface area contributed by atoms with Gasteiger partial charge in [0.25, 0.3) is 0 Å². The summed E-state index contributed by atoms with van der Waals surface area (Å²) in [6, 6.07) is 11.6. The molecule has 2 aromatic rings. The number of carbonyl (C=O) groups is 1. The minimum Gasteiger partial charge on any atom is -0.505 e. The maximum absolute atomic E-state index is 13.9. The van der Waals surface area contributed by atoms with E-state index < -0.39 is 5.82 Å². The Hall–Kier alpha value is -2.69. The van der Waals surface area contributed by atoms with Gasteiger partial charge in [0, 0.05) is 30.2 Å². The van der Waals surface area contributed by atoms with Gasteiger partial charge in [-0.3, -0.25) is 9.79 Å². The van der Waals surface area contributed by atoms with E-state index in [0.29, 0.717) is 18.7 Å². The molecule has 3 rings (SSSR count). The average molecular weight is 298 g/mol. The molecule has 1 aliphatic rings. The summed E-state index contributed by atoms with van der Waals surface area (Å²) in [5.74, 6) is -0.961. The van der Waals surface area contributed by atoms with E-state index in [1.54, 1.807) is 0 Å². The molecule has 0 saturated heterocycles. The third kappa shape index (κ3) is 2.83. The largest absolute Gasteiger partial charge is 0.505 e. The number of halogens is 1. The molecule has 0 aliphatic carbocycles. The highest BCUT2D eigenvalue weighted by atomic mass is 19.1. The molecule has 5 heteroatoms. The van der Waals surface area contributed by atoms with Crippen molar-refractivity contribution in [2.45, 2.75) is 12.8 Å². The molecule has 0 spiro atoms. The fraction of sp³-hybridized carbons (Fsp3) is 0.176. The quantitative estimate of drug-likeness (QED) is 0.795. The van der Waals surface area contributed by atoms with Gasteiger partial charge in [0.05, 0.1) is 11.4 Å². The molecule has 1 heterocycles. The van der Waals surface area contributed by atoms with E-state index in [4.69, 9.17) is 0 Å². The lowest BCUT2D eigenvalue weighted by molar-refractivity contribution is -0.116. The fourth-order valence-corrected chi connectivity index (χ4v) is 2.45. The van der Waals surface area contributed by atoms with Crippen molar-refractivity contribution in [2.75, 3.05) is 11.9 Å². The molecule has 1 amide bonds. The molecular weight excluding hydrogens is 283 g/mol. The van der Waals surface area contributed by atoms with Gasteiger partial charge in [0.15, 0.2) is 0 Å². The van der Waals surface area contributed by atoms with E-state index in [0.717, 1.165) is 11.6 Å². The van der Waals surface area contributed by atoms with Gasteiger partial charge in [-0.15, -0.1) is 0 Å². The SMILES string of the molecule is O=C1CCC/N=C(/c2ccccc2)c2cc(F)cc(c2O)N1. The van der Waals surface area contributed by atoms with Crippen molar-refractivity contribution in [1.29, 1.82) is 0 Å². The Balaban J connectivity index is 2.19. The number of phenols is 1. The van der Waals surface area contributed by atoms with Crippen molar-refractivity contribution < 1.29 is 14.3 Å². The van der Waals surface area contributed by atoms with Crippen LogP contribution in [0, 0.1) is 5.82 Å². The van der Waals surface area contributed by atoms with Crippen molar-refractivity contribution in [1.82, 2.24) is 0 Å². The van der Waals surface area contributed by atoms with Crippen LogP contribution < -0.4 is 5.32 Å². The monoisotopic (exact) mass is 298 g/mol. The summed E-state index contributed by atoms with van der Waals surface area (Å²) in [4.78, 5) is 16.2. The van der Waals surface area contributed by atoms with Crippen LogP contribution >= 0.6 is 0 Å². The number of hydrogen-bond acceptors (Lipinski definition) is 3. The van der Waals surface area contributed by atoms with Gasteiger partial charge in [-0.05, 0) is 12.5 Å². The van der Waals surface area contributed by atoms with Crippen LogP contribution in [-0.4, -0.2) is 23.3 Å². The zero-order valence-corrected chi connectivity index (χ0v) is 11.8. The first-order valence-electron chi connectivity index (χ1n) is 7.08. The molecule has 2 N–H and O–H groups in total. The van der Waals surface area contributed by atoms with Crippen molar-refractivity contribution in [3.05, 3.63) is 59.4 Å². The van der Waals surface area contributed by atoms with Crippen LogP contribution in [0.3, 0.4) is 0 Å². The predicted molar refractivity (Wildman–Crippen MR) is 82.9 cm³/mol. The molecule has 0 unspecified atom stereocenters. The normalized spacial score (nSPS) is 17.3. The van der Waals surface area contributed by atoms with E-state index in [-0.39, 0.29) is 29.3 Å². The second-order valence-corrected chi connectivity index (χ2v) is 5.10. The first kappa shape index (κ1) is 14.3. The third-order valence-corrected chi connectivity index (χ3v) is 3.48. The van der Waals surface area contributed by atoms with E-state index in [1.807, 2.05) is 30.3 Å². The number of aliphatic imine (C=N–C) groups is 1. The van der Waals surface area contributed by atoms with E-state index in [2.05, 4.69) is 10.3 Å². The van der Waals surface area contributed by atoms with Crippen LogP contribution in [0.2, 0.25) is 0 Å². The number of carbonyl (C=O) groups excluding carboxylic acids is 1. The molecule has 0 saturated carbocycles. The predicted octanol–water partition coefficient (Wildman–Crippen LogP) is 3.10. The van der Waals surface area contributed by atoms with Crippen molar-refractivity contribution in [2.24, 2.45) is 4.99 Å². The number of aromatic hydroxyl groups is 1. The number of fused-ring (bicyclic) bond motifs is 2. The summed E-state index contributed by atoms with van der Waals surface area (Å²) in [5.41, 5.74) is 1.67. The minimum atomic E-state index is -0.535. The summed E-state index contributed by atoms with van der Waals surface area (Å²) < 4.78 is 13.9. The van der Waals surface area contributed by atoms with E-state index >= 15 is 0 Å². The summed E-state index contributed by atoms with van der Waals surface area (Å²) >= 11 is 0. The topological polar surface area (TPSA) is 61.7 Å². The summed E-state index contributed by atoms with van der Waals surface area (Å²) in [7, 11) is 0. The molecule has 0 aromatic heterocycles. The fourth-order valence-electron chi connectivity index (χ4n) is 2.45. The van der Waals surface area contributed by atoms with Crippen molar-refractivity contribution >= 4 is 17.3 Å². The number of benzene rings is 2. The van der Waals surface area contributed by atoms with Crippen molar-refractivity contribution in [3.63, 3.8) is 0 Å². The summed E-state index contributed by atoms with van der Waals surface area (Å²) in [6.45, 7) is 0.433. The number of phenolic OH excluding ortho intramolecular Hbond substituents is 1. The maximum Gasteiger partial charge on any atom is 0.224 e. The molecular formula is C17H15FN2O2. The Bertz CT molecular complexity index is 742. The average Bonchev–Trinajstić information content (AvgIpc) is 2.51.